The van der Waals surface area contributed by atoms with E-state index in [1.54, 1.807) is 4.68 Å². The first-order chi connectivity index (χ1) is 12.7. The molecule has 0 bridgehead atoms. The highest BCUT2D eigenvalue weighted by Crippen LogP contribution is 2.22. The molecule has 0 saturated carbocycles. The van der Waals surface area contributed by atoms with Gasteiger partial charge in [-0.25, -0.2) is 9.67 Å². The van der Waals surface area contributed by atoms with Crippen LogP contribution in [0.3, 0.4) is 0 Å². The number of hydrogen-bond donors (Lipinski definition) is 0. The van der Waals surface area contributed by atoms with Crippen molar-refractivity contribution in [3.63, 3.8) is 0 Å². The van der Waals surface area contributed by atoms with Gasteiger partial charge >= 0.3 is 0 Å². The third kappa shape index (κ3) is 3.11. The van der Waals surface area contributed by atoms with Crippen molar-refractivity contribution >= 4 is 0 Å². The molecule has 0 spiro atoms. The summed E-state index contributed by atoms with van der Waals surface area (Å²) in [6.07, 6.45) is 10.3. The molecular weight excluding hydrogens is 326 g/mol. The number of hydrogen-bond acceptors (Lipinski definition) is 4. The van der Waals surface area contributed by atoms with Crippen LogP contribution in [0.5, 0.6) is 0 Å². The van der Waals surface area contributed by atoms with Gasteiger partial charge in [-0.2, -0.15) is 5.10 Å². The summed E-state index contributed by atoms with van der Waals surface area (Å²) in [6, 6.07) is 1.83. The molecule has 2 aromatic heterocycles. The molecule has 1 aliphatic carbocycles. The summed E-state index contributed by atoms with van der Waals surface area (Å²) in [5.41, 5.74) is 3.60. The molecular formula is C20H27N5O. The molecule has 4 heterocycles. The number of rotatable bonds is 4. The fourth-order valence-electron chi connectivity index (χ4n) is 4.67. The Kier molecular flexibility index (Phi) is 4.15. The van der Waals surface area contributed by atoms with Gasteiger partial charge in [0.25, 0.3) is 5.56 Å². The van der Waals surface area contributed by atoms with E-state index in [0.717, 1.165) is 57.7 Å². The molecule has 0 aromatic carbocycles. The van der Waals surface area contributed by atoms with E-state index in [-0.39, 0.29) is 5.56 Å². The van der Waals surface area contributed by atoms with Crippen LogP contribution >= 0.6 is 0 Å². The first-order valence-electron chi connectivity index (χ1n) is 10.1. The third-order valence-corrected chi connectivity index (χ3v) is 6.08. The SMILES string of the molecule is O=c1cc2c(nn1CC1CN(Cc3cn4c(n3)CCCC4)C1)CCCC2. The number of imidazole rings is 1. The van der Waals surface area contributed by atoms with Crippen LogP contribution in [0.25, 0.3) is 0 Å². The second-order valence-corrected chi connectivity index (χ2v) is 8.20. The highest BCUT2D eigenvalue weighted by molar-refractivity contribution is 5.20. The number of likely N-dealkylation sites (tertiary alicyclic amines) is 1. The smallest absolute Gasteiger partial charge is 0.267 e. The number of fused-ring (bicyclic) bond motifs is 2. The van der Waals surface area contributed by atoms with E-state index in [9.17, 15) is 4.79 Å². The Balaban J connectivity index is 1.19. The zero-order valence-electron chi connectivity index (χ0n) is 15.4. The van der Waals surface area contributed by atoms with Crippen molar-refractivity contribution in [2.45, 2.75) is 64.6 Å². The lowest BCUT2D eigenvalue weighted by Crippen LogP contribution is -2.49. The van der Waals surface area contributed by atoms with Gasteiger partial charge in [0.2, 0.25) is 0 Å². The summed E-state index contributed by atoms with van der Waals surface area (Å²) >= 11 is 0. The Labute approximate surface area is 153 Å². The van der Waals surface area contributed by atoms with Gasteiger partial charge in [0.1, 0.15) is 5.82 Å². The quantitative estimate of drug-likeness (QED) is 0.841. The van der Waals surface area contributed by atoms with E-state index in [1.165, 1.54) is 42.8 Å². The van der Waals surface area contributed by atoms with Gasteiger partial charge in [0.15, 0.2) is 0 Å². The van der Waals surface area contributed by atoms with E-state index in [2.05, 4.69) is 20.8 Å². The van der Waals surface area contributed by atoms with Crippen LogP contribution in [0.1, 0.15) is 48.5 Å². The van der Waals surface area contributed by atoms with E-state index in [0.29, 0.717) is 5.92 Å². The zero-order chi connectivity index (χ0) is 17.5. The van der Waals surface area contributed by atoms with E-state index in [4.69, 9.17) is 4.98 Å². The van der Waals surface area contributed by atoms with Crippen LogP contribution in [0.15, 0.2) is 17.1 Å². The molecule has 0 atom stereocenters. The lowest BCUT2D eigenvalue weighted by Gasteiger charge is -2.38. The molecule has 2 aromatic rings. The van der Waals surface area contributed by atoms with Gasteiger partial charge in [-0.05, 0) is 44.1 Å². The molecule has 2 aliphatic heterocycles. The van der Waals surface area contributed by atoms with Crippen LogP contribution in [0.2, 0.25) is 0 Å². The first-order valence-corrected chi connectivity index (χ1v) is 10.1. The molecule has 0 unspecified atom stereocenters. The van der Waals surface area contributed by atoms with Crippen molar-refractivity contribution in [2.24, 2.45) is 5.92 Å². The molecule has 0 N–H and O–H groups in total. The first kappa shape index (κ1) is 16.2. The summed E-state index contributed by atoms with van der Waals surface area (Å²) in [6.45, 7) is 4.88. The Morgan fingerprint density at radius 3 is 2.81 bits per heavy atom. The average Bonchev–Trinajstić information content (AvgIpc) is 3.02. The van der Waals surface area contributed by atoms with Crippen LogP contribution in [-0.2, 0) is 38.9 Å². The highest BCUT2D eigenvalue weighted by Gasteiger charge is 2.28. The van der Waals surface area contributed by atoms with Crippen molar-refractivity contribution < 1.29 is 0 Å². The van der Waals surface area contributed by atoms with E-state index >= 15 is 0 Å². The highest BCUT2D eigenvalue weighted by atomic mass is 16.1. The van der Waals surface area contributed by atoms with Crippen molar-refractivity contribution in [1.29, 1.82) is 0 Å². The summed E-state index contributed by atoms with van der Waals surface area (Å²) < 4.78 is 4.04. The maximum Gasteiger partial charge on any atom is 0.267 e. The lowest BCUT2D eigenvalue weighted by atomic mass is 9.96. The Morgan fingerprint density at radius 1 is 1.08 bits per heavy atom. The van der Waals surface area contributed by atoms with Gasteiger partial charge in [-0.1, -0.05) is 0 Å². The largest absolute Gasteiger partial charge is 0.335 e. The summed E-state index contributed by atoms with van der Waals surface area (Å²) in [7, 11) is 0. The molecule has 0 amide bonds. The predicted molar refractivity (Wildman–Crippen MR) is 99.1 cm³/mol. The Hall–Kier alpha value is -1.95. The van der Waals surface area contributed by atoms with Crippen LogP contribution in [-0.4, -0.2) is 37.3 Å². The fourth-order valence-corrected chi connectivity index (χ4v) is 4.67. The third-order valence-electron chi connectivity index (χ3n) is 6.08. The van der Waals surface area contributed by atoms with Crippen molar-refractivity contribution in [3.05, 3.63) is 45.4 Å². The van der Waals surface area contributed by atoms with Crippen molar-refractivity contribution in [2.75, 3.05) is 13.1 Å². The summed E-state index contributed by atoms with van der Waals surface area (Å²) in [4.78, 5) is 19.6. The van der Waals surface area contributed by atoms with Gasteiger partial charge < -0.3 is 4.57 Å². The minimum atomic E-state index is 0.0749. The Bertz CT molecular complexity index is 838. The maximum atomic E-state index is 12.3. The average molecular weight is 353 g/mol. The monoisotopic (exact) mass is 353 g/mol. The minimum Gasteiger partial charge on any atom is -0.335 e. The number of nitrogens with zero attached hydrogens (tertiary/aromatic N) is 5. The zero-order valence-corrected chi connectivity index (χ0v) is 15.4. The summed E-state index contributed by atoms with van der Waals surface area (Å²) in [5.74, 6) is 1.78. The fraction of sp³-hybridized carbons (Fsp3) is 0.650. The molecule has 5 rings (SSSR count). The molecule has 6 nitrogen and oxygen atoms in total. The van der Waals surface area contributed by atoms with E-state index in [1.807, 2.05) is 6.07 Å². The molecule has 1 fully saturated rings. The lowest BCUT2D eigenvalue weighted by molar-refractivity contribution is 0.0752. The van der Waals surface area contributed by atoms with Gasteiger partial charge in [0, 0.05) is 50.8 Å². The molecule has 138 valence electrons. The van der Waals surface area contributed by atoms with Gasteiger partial charge in [-0.3, -0.25) is 9.69 Å². The molecule has 0 radical (unpaired) electrons. The van der Waals surface area contributed by atoms with Gasteiger partial charge in [-0.15, -0.1) is 0 Å². The maximum absolute atomic E-state index is 12.3. The van der Waals surface area contributed by atoms with Crippen molar-refractivity contribution in [1.82, 2.24) is 24.2 Å². The normalized spacial score (nSPS) is 20.5. The number of aromatic nitrogens is 4. The molecule has 26 heavy (non-hydrogen) atoms. The van der Waals surface area contributed by atoms with E-state index < -0.39 is 0 Å². The predicted octanol–water partition coefficient (Wildman–Crippen LogP) is 1.79. The van der Waals surface area contributed by atoms with Crippen molar-refractivity contribution in [3.8, 4) is 0 Å². The van der Waals surface area contributed by atoms with Crippen LogP contribution in [0, 0.1) is 5.92 Å². The summed E-state index contributed by atoms with van der Waals surface area (Å²) in [5, 5.41) is 4.66. The molecule has 6 heteroatoms. The van der Waals surface area contributed by atoms with Crippen LogP contribution < -0.4 is 5.56 Å². The second-order valence-electron chi connectivity index (χ2n) is 8.20. The molecule has 1 saturated heterocycles. The minimum absolute atomic E-state index is 0.0749. The molecule has 3 aliphatic rings. The topological polar surface area (TPSA) is 56.0 Å². The second kappa shape index (κ2) is 6.65. The van der Waals surface area contributed by atoms with Crippen LogP contribution in [0.4, 0.5) is 0 Å². The Morgan fingerprint density at radius 2 is 1.92 bits per heavy atom. The van der Waals surface area contributed by atoms with Gasteiger partial charge in [0.05, 0.1) is 17.9 Å². The number of aryl methyl sites for hydroxylation is 4. The standard InChI is InChI=1S/C20H27N5O/c26-20-9-16-5-1-2-6-18(16)22-25(20)12-15-10-23(11-15)13-17-14-24-8-4-3-7-19(24)21-17/h9,14-15H,1-8,10-13H2.